The number of fused-ring (bicyclic) bond motifs is 3. The number of aliphatic hydroxyl groups excluding tert-OH is 2. The number of carbonyl (C=O) groups is 8. The summed E-state index contributed by atoms with van der Waals surface area (Å²) in [6.07, 6.45) is -17.9. The van der Waals surface area contributed by atoms with Gasteiger partial charge in [0.25, 0.3) is 0 Å². The summed E-state index contributed by atoms with van der Waals surface area (Å²) in [5.41, 5.74) is -5.53. The van der Waals surface area contributed by atoms with Crippen molar-refractivity contribution in [3.05, 3.63) is 85.5 Å². The molecule has 27 nitrogen and oxygen atoms in total. The molecule has 2 aliphatic heterocycles. The maximum absolute atomic E-state index is 14.0. The maximum atomic E-state index is 14.0. The number of nitrogens with zero attached hydrogens (tertiary/aromatic N) is 1. The third-order valence-corrected chi connectivity index (χ3v) is 12.7. The summed E-state index contributed by atoms with van der Waals surface area (Å²) >= 11 is 0. The summed E-state index contributed by atoms with van der Waals surface area (Å²) < 4.78 is 54.8. The molecule has 11 atom stereocenters. The first-order chi connectivity index (χ1) is 35.4. The molecule has 1 amide bonds. The zero-order valence-corrected chi connectivity index (χ0v) is 40.6. The van der Waals surface area contributed by atoms with E-state index in [1.165, 1.54) is 38.3 Å². The zero-order valence-electron chi connectivity index (χ0n) is 40.6. The number of ether oxygens (including phenoxy) is 10. The number of aliphatic hydroxyl groups is 3. The number of amides is 1. The largest absolute Gasteiger partial charge is 0.507 e. The van der Waals surface area contributed by atoms with E-state index < -0.39 is 186 Å². The second-order valence-corrected chi connectivity index (χ2v) is 17.7. The number of carbonyl (C=O) groups excluding carboxylic acids is 8. The SMILES string of the molecule is COC(=O)[C@H]1O[C@@H](Oc2ccc(COC(=O)N[C@H]3C[C@H](O[C@H]4C[C@](O)(C(=O)CO)Cc5c(O)c6c(c(O)c54)C(=O)c4c(OC)cccc4C6=O)O[C@@H](C)[C@H]3O)cc2[N+](=O)[O-])[C@H](OC(C)=O)[C@@H](OC(C)=O)[C@@H]1OC(C)=O. The molecule has 0 saturated carbocycles. The summed E-state index contributed by atoms with van der Waals surface area (Å²) in [5, 5.41) is 71.0. The van der Waals surface area contributed by atoms with Crippen LogP contribution in [0, 0.1) is 10.1 Å². The number of nitro groups is 1. The number of nitrogens with one attached hydrogen (secondary N) is 1. The fourth-order valence-corrected chi connectivity index (χ4v) is 9.40. The lowest BCUT2D eigenvalue weighted by Gasteiger charge is -2.43. The Morgan fingerprint density at radius 1 is 0.867 bits per heavy atom. The molecule has 7 rings (SSSR count). The number of hydrogen-bond donors (Lipinski definition) is 6. The minimum Gasteiger partial charge on any atom is -0.507 e. The van der Waals surface area contributed by atoms with Crippen LogP contribution in [0.1, 0.15) is 95.2 Å². The van der Waals surface area contributed by atoms with Crippen LogP contribution in [0.3, 0.4) is 0 Å². The third kappa shape index (κ3) is 10.9. The molecule has 2 heterocycles. The Morgan fingerprint density at radius 2 is 1.52 bits per heavy atom. The molecular formula is C48H50N2O25. The van der Waals surface area contributed by atoms with E-state index >= 15 is 0 Å². The van der Waals surface area contributed by atoms with Crippen LogP contribution in [-0.2, 0) is 74.9 Å². The van der Waals surface area contributed by atoms with Gasteiger partial charge in [-0.25, -0.2) is 9.59 Å². The average Bonchev–Trinajstić information content (AvgIpc) is 3.36. The van der Waals surface area contributed by atoms with Gasteiger partial charge < -0.3 is 78.2 Å². The molecule has 2 aliphatic carbocycles. The molecule has 402 valence electrons. The van der Waals surface area contributed by atoms with Gasteiger partial charge in [-0.3, -0.25) is 38.9 Å². The lowest BCUT2D eigenvalue weighted by atomic mass is 9.72. The van der Waals surface area contributed by atoms with Crippen LogP contribution in [0.4, 0.5) is 10.5 Å². The van der Waals surface area contributed by atoms with Gasteiger partial charge in [0.2, 0.25) is 18.2 Å². The Bertz CT molecular complexity index is 2850. The monoisotopic (exact) mass is 1050 g/mol. The van der Waals surface area contributed by atoms with Crippen molar-refractivity contribution in [2.75, 3.05) is 20.8 Å². The fraction of sp³-hybridized carbons (Fsp3) is 0.458. The Morgan fingerprint density at radius 3 is 2.15 bits per heavy atom. The Hall–Kier alpha value is -7.82. The molecule has 0 aromatic heterocycles. The molecule has 75 heavy (non-hydrogen) atoms. The molecule has 0 bridgehead atoms. The van der Waals surface area contributed by atoms with Gasteiger partial charge in [-0.1, -0.05) is 18.2 Å². The second kappa shape index (κ2) is 21.9. The lowest BCUT2D eigenvalue weighted by molar-refractivity contribution is -0.387. The summed E-state index contributed by atoms with van der Waals surface area (Å²) in [5.74, 6) is -9.28. The van der Waals surface area contributed by atoms with Crippen LogP contribution >= 0.6 is 0 Å². The number of aromatic hydroxyl groups is 2. The third-order valence-electron chi connectivity index (χ3n) is 12.7. The minimum atomic E-state index is -2.47. The summed E-state index contributed by atoms with van der Waals surface area (Å²) in [6.45, 7) is 2.46. The van der Waals surface area contributed by atoms with Crippen molar-refractivity contribution in [3.8, 4) is 23.0 Å². The highest BCUT2D eigenvalue weighted by atomic mass is 16.7. The number of nitro benzene ring substituents is 1. The number of Topliss-reactive ketones (excluding diaryl/α,β-unsaturated/α-hetero) is 1. The van der Waals surface area contributed by atoms with E-state index in [1.54, 1.807) is 0 Å². The van der Waals surface area contributed by atoms with Gasteiger partial charge in [-0.05, 0) is 24.6 Å². The Balaban J connectivity index is 1.09. The minimum absolute atomic E-state index is 0.0101. The average molecular weight is 1050 g/mol. The maximum Gasteiger partial charge on any atom is 0.407 e. The summed E-state index contributed by atoms with van der Waals surface area (Å²) in [6, 6.07) is 6.08. The number of benzene rings is 3. The number of methoxy groups -OCH3 is 2. The molecule has 2 fully saturated rings. The molecule has 6 N–H and O–H groups in total. The number of esters is 4. The van der Waals surface area contributed by atoms with Crippen LogP contribution in [-0.4, -0.2) is 159 Å². The Labute approximate surface area is 423 Å². The quantitative estimate of drug-likeness (QED) is 0.0317. The van der Waals surface area contributed by atoms with E-state index in [4.69, 9.17) is 47.4 Å². The molecule has 3 aromatic carbocycles. The van der Waals surface area contributed by atoms with E-state index in [1.807, 2.05) is 0 Å². The van der Waals surface area contributed by atoms with E-state index in [9.17, 15) is 74.0 Å². The number of alkyl carbamates (subject to hydrolysis) is 1. The molecular weight excluding hydrogens is 1000 g/mol. The molecule has 0 unspecified atom stereocenters. The number of phenols is 2. The number of phenolic OH excluding ortho intramolecular Hbond substituents is 2. The first-order valence-electron chi connectivity index (χ1n) is 22.8. The molecule has 0 radical (unpaired) electrons. The summed E-state index contributed by atoms with van der Waals surface area (Å²) in [4.78, 5) is 115. The van der Waals surface area contributed by atoms with Crippen LogP contribution < -0.4 is 14.8 Å². The predicted molar refractivity (Wildman–Crippen MR) is 242 cm³/mol. The number of hydrogen-bond acceptors (Lipinski definition) is 25. The van der Waals surface area contributed by atoms with Crippen molar-refractivity contribution >= 4 is 53.0 Å². The first-order valence-corrected chi connectivity index (χ1v) is 22.8. The van der Waals surface area contributed by atoms with Gasteiger partial charge in [0.15, 0.2) is 41.9 Å². The van der Waals surface area contributed by atoms with Crippen molar-refractivity contribution in [2.45, 2.75) is 121 Å². The van der Waals surface area contributed by atoms with E-state index in [0.29, 0.717) is 0 Å². The van der Waals surface area contributed by atoms with Crippen LogP contribution in [0.5, 0.6) is 23.0 Å². The van der Waals surface area contributed by atoms with Gasteiger partial charge >= 0.3 is 35.7 Å². The normalized spacial score (nSPS) is 26.7. The van der Waals surface area contributed by atoms with Crippen LogP contribution in [0.15, 0.2) is 36.4 Å². The van der Waals surface area contributed by atoms with Gasteiger partial charge in [0.1, 0.15) is 42.2 Å². The van der Waals surface area contributed by atoms with E-state index in [-0.39, 0.29) is 33.6 Å². The highest BCUT2D eigenvalue weighted by Gasteiger charge is 2.56. The molecule has 27 heteroatoms. The van der Waals surface area contributed by atoms with E-state index in [2.05, 4.69) is 5.32 Å². The van der Waals surface area contributed by atoms with Crippen molar-refractivity contribution in [1.29, 1.82) is 0 Å². The van der Waals surface area contributed by atoms with Gasteiger partial charge in [-0.15, -0.1) is 0 Å². The van der Waals surface area contributed by atoms with Crippen molar-refractivity contribution in [1.82, 2.24) is 5.32 Å². The van der Waals surface area contributed by atoms with Gasteiger partial charge in [0.05, 0.1) is 54.1 Å². The Kier molecular flexibility index (Phi) is 16.1. The van der Waals surface area contributed by atoms with Crippen molar-refractivity contribution < 1.29 is 116 Å². The van der Waals surface area contributed by atoms with Crippen molar-refractivity contribution in [3.63, 3.8) is 0 Å². The number of rotatable bonds is 15. The van der Waals surface area contributed by atoms with Gasteiger partial charge in [0, 0.05) is 62.8 Å². The van der Waals surface area contributed by atoms with E-state index in [0.717, 1.165) is 40.0 Å². The van der Waals surface area contributed by atoms with Crippen LogP contribution in [0.2, 0.25) is 0 Å². The molecule has 4 aliphatic rings. The van der Waals surface area contributed by atoms with Crippen molar-refractivity contribution in [2.24, 2.45) is 0 Å². The molecule has 0 spiro atoms. The summed E-state index contributed by atoms with van der Waals surface area (Å²) in [7, 11) is 2.22. The van der Waals surface area contributed by atoms with Crippen LogP contribution in [0.25, 0.3) is 0 Å². The molecule has 2 saturated heterocycles. The topological polar surface area (TPSA) is 385 Å². The lowest BCUT2D eigenvalue weighted by Crippen LogP contribution is -2.64. The first kappa shape index (κ1) is 54.9. The smallest absolute Gasteiger partial charge is 0.407 e. The highest BCUT2D eigenvalue weighted by molar-refractivity contribution is 6.31. The standard InChI is InChI=1S/C48H50N2O25/c1-18-36(56)25(13-31(69-18)73-29-15-48(63,30(55)16-51)14-24-33(29)40(60)35-34(38(24)58)37(57)23-8-7-9-28(66-5)32(23)39(35)59)49-47(62)68-17-22-10-11-27(26(12-22)50(64)65)74-46-44(72-21(4)54)42(71-20(3)53)41(70-19(2)52)43(75-46)45(61)67-6/h7-12,18,25,29,31,36,41-44,46,51,56,58,60,63H,13-17H2,1-6H3,(H,49,62)/t18-,25-,29-,31-,36+,41-,42-,43-,44+,46+,48-/m0/s1. The predicted octanol–water partition coefficient (Wildman–Crippen LogP) is 0.949. The molecule has 3 aromatic rings. The van der Waals surface area contributed by atoms with Gasteiger partial charge in [-0.2, -0.15) is 0 Å². The highest BCUT2D eigenvalue weighted by Crippen LogP contribution is 2.53. The fourth-order valence-electron chi connectivity index (χ4n) is 9.40. The zero-order chi connectivity index (χ0) is 55.0. The second-order valence-electron chi connectivity index (χ2n) is 17.7. The number of ketones is 3.